The summed E-state index contributed by atoms with van der Waals surface area (Å²) < 4.78 is 36.3. The number of aryl methyl sites for hydroxylation is 3. The predicted octanol–water partition coefficient (Wildman–Crippen LogP) is 3.80. The van der Waals surface area contributed by atoms with Gasteiger partial charge in [0.05, 0.1) is 23.2 Å². The first-order chi connectivity index (χ1) is 16.5. The number of aromatic nitrogens is 3. The van der Waals surface area contributed by atoms with Crippen molar-refractivity contribution < 1.29 is 13.2 Å². The van der Waals surface area contributed by atoms with E-state index in [2.05, 4.69) is 27.2 Å². The topological polar surface area (TPSA) is 86.1 Å². The van der Waals surface area contributed by atoms with E-state index >= 15 is 0 Å². The fraction of sp³-hybridized carbons (Fsp3) is 0.231. The van der Waals surface area contributed by atoms with E-state index in [1.807, 2.05) is 61.7 Å². The van der Waals surface area contributed by atoms with Crippen molar-refractivity contribution in [2.75, 3.05) is 6.61 Å². The average Bonchev–Trinajstić information content (AvgIpc) is 3.30. The molecule has 3 aromatic carbocycles. The van der Waals surface area contributed by atoms with E-state index in [1.165, 1.54) is 5.56 Å². The van der Waals surface area contributed by atoms with Crippen LogP contribution < -0.4 is 9.46 Å². The first-order valence-corrected chi connectivity index (χ1v) is 12.7. The molecular weight excluding hydrogens is 448 g/mol. The SMILES string of the molecule is Cc1ccc(S(=O)(=O)N[C@@H](COc2ccccc2)Cn2cc(CCc3ccccc3)nn2)cc1. The lowest BCUT2D eigenvalue weighted by Gasteiger charge is -2.19. The van der Waals surface area contributed by atoms with Crippen LogP contribution in [0.3, 0.4) is 0 Å². The molecule has 1 atom stereocenters. The van der Waals surface area contributed by atoms with Crippen molar-refractivity contribution in [1.29, 1.82) is 0 Å². The highest BCUT2D eigenvalue weighted by Crippen LogP contribution is 2.13. The maximum Gasteiger partial charge on any atom is 0.240 e. The normalized spacial score (nSPS) is 12.4. The summed E-state index contributed by atoms with van der Waals surface area (Å²) in [6.07, 6.45) is 3.48. The van der Waals surface area contributed by atoms with Gasteiger partial charge in [-0.15, -0.1) is 5.10 Å². The number of benzene rings is 3. The largest absolute Gasteiger partial charge is 0.492 e. The molecule has 0 saturated carbocycles. The van der Waals surface area contributed by atoms with E-state index in [4.69, 9.17) is 4.74 Å². The smallest absolute Gasteiger partial charge is 0.240 e. The number of rotatable bonds is 11. The van der Waals surface area contributed by atoms with Crippen molar-refractivity contribution in [2.45, 2.75) is 37.2 Å². The fourth-order valence-electron chi connectivity index (χ4n) is 3.53. The molecule has 4 rings (SSSR count). The molecule has 0 aliphatic heterocycles. The van der Waals surface area contributed by atoms with Gasteiger partial charge in [-0.2, -0.15) is 0 Å². The van der Waals surface area contributed by atoms with Crippen LogP contribution in [0.15, 0.2) is 96.0 Å². The fourth-order valence-corrected chi connectivity index (χ4v) is 4.74. The van der Waals surface area contributed by atoms with Crippen molar-refractivity contribution in [3.8, 4) is 5.75 Å². The van der Waals surface area contributed by atoms with Gasteiger partial charge in [0.25, 0.3) is 0 Å². The summed E-state index contributed by atoms with van der Waals surface area (Å²) in [5.74, 6) is 0.671. The van der Waals surface area contributed by atoms with Gasteiger partial charge in [-0.25, -0.2) is 13.1 Å². The van der Waals surface area contributed by atoms with Crippen LogP contribution in [-0.4, -0.2) is 36.1 Å². The second-order valence-electron chi connectivity index (χ2n) is 8.17. The van der Waals surface area contributed by atoms with Crippen LogP contribution in [0.25, 0.3) is 0 Å². The van der Waals surface area contributed by atoms with Gasteiger partial charge < -0.3 is 4.74 Å². The molecule has 0 bridgehead atoms. The zero-order valence-corrected chi connectivity index (χ0v) is 19.9. The van der Waals surface area contributed by atoms with Gasteiger partial charge in [0.2, 0.25) is 10.0 Å². The minimum Gasteiger partial charge on any atom is -0.492 e. The summed E-state index contributed by atoms with van der Waals surface area (Å²) in [5, 5.41) is 8.48. The molecule has 0 spiro atoms. The van der Waals surface area contributed by atoms with Crippen LogP contribution >= 0.6 is 0 Å². The number of hydrogen-bond donors (Lipinski definition) is 1. The van der Waals surface area contributed by atoms with E-state index in [1.54, 1.807) is 28.9 Å². The maximum absolute atomic E-state index is 13.0. The Kier molecular flexibility index (Phi) is 7.72. The number of sulfonamides is 1. The van der Waals surface area contributed by atoms with Crippen LogP contribution in [-0.2, 0) is 29.4 Å². The molecule has 0 unspecified atom stereocenters. The van der Waals surface area contributed by atoms with Crippen molar-refractivity contribution in [2.24, 2.45) is 0 Å². The Morgan fingerprint density at radius 1 is 0.912 bits per heavy atom. The van der Waals surface area contributed by atoms with Crippen molar-refractivity contribution in [3.05, 3.63) is 108 Å². The summed E-state index contributed by atoms with van der Waals surface area (Å²) in [6.45, 7) is 2.35. The standard InChI is InChI=1S/C26H28N4O3S/c1-21-12-16-26(17-13-21)34(31,32)28-24(20-33-25-10-6-3-7-11-25)19-30-18-23(27-29-30)15-14-22-8-4-2-5-9-22/h2-13,16-18,24,28H,14-15,19-20H2,1H3/t24-/m1/s1. The van der Waals surface area contributed by atoms with E-state index < -0.39 is 16.1 Å². The van der Waals surface area contributed by atoms with Crippen LogP contribution in [0.2, 0.25) is 0 Å². The lowest BCUT2D eigenvalue weighted by molar-refractivity contribution is 0.260. The number of hydrogen-bond acceptors (Lipinski definition) is 5. The quantitative estimate of drug-likeness (QED) is 0.356. The predicted molar refractivity (Wildman–Crippen MR) is 131 cm³/mol. The Labute approximate surface area is 200 Å². The van der Waals surface area contributed by atoms with Crippen molar-refractivity contribution in [1.82, 2.24) is 19.7 Å². The Bertz CT molecular complexity index is 1270. The van der Waals surface area contributed by atoms with Gasteiger partial charge >= 0.3 is 0 Å². The highest BCUT2D eigenvalue weighted by atomic mass is 32.2. The van der Waals surface area contributed by atoms with E-state index in [0.29, 0.717) is 5.75 Å². The number of nitrogens with zero attached hydrogens (tertiary/aromatic N) is 3. The van der Waals surface area contributed by atoms with Crippen LogP contribution in [0.1, 0.15) is 16.8 Å². The van der Waals surface area contributed by atoms with Gasteiger partial charge in [0.15, 0.2) is 0 Å². The monoisotopic (exact) mass is 476 g/mol. The first kappa shape index (κ1) is 23.7. The third-order valence-electron chi connectivity index (χ3n) is 5.35. The van der Waals surface area contributed by atoms with E-state index in [-0.39, 0.29) is 18.0 Å². The second kappa shape index (κ2) is 11.1. The number of nitrogens with one attached hydrogen (secondary N) is 1. The molecule has 0 amide bonds. The molecule has 4 aromatic rings. The highest BCUT2D eigenvalue weighted by molar-refractivity contribution is 7.89. The molecule has 1 heterocycles. The molecule has 0 aliphatic carbocycles. The lowest BCUT2D eigenvalue weighted by atomic mass is 10.1. The Morgan fingerprint density at radius 2 is 1.59 bits per heavy atom. The van der Waals surface area contributed by atoms with Crippen molar-refractivity contribution in [3.63, 3.8) is 0 Å². The van der Waals surface area contributed by atoms with Gasteiger partial charge in [-0.3, -0.25) is 4.68 Å². The van der Waals surface area contributed by atoms with E-state index in [9.17, 15) is 8.42 Å². The third-order valence-corrected chi connectivity index (χ3v) is 6.89. The summed E-state index contributed by atoms with van der Waals surface area (Å²) in [4.78, 5) is 0.213. The van der Waals surface area contributed by atoms with E-state index in [0.717, 1.165) is 24.1 Å². The number of ether oxygens (including phenoxy) is 1. The van der Waals surface area contributed by atoms with Gasteiger partial charge in [0.1, 0.15) is 12.4 Å². The summed E-state index contributed by atoms with van der Waals surface area (Å²) in [5.41, 5.74) is 3.08. The zero-order valence-electron chi connectivity index (χ0n) is 19.0. The molecule has 8 heteroatoms. The van der Waals surface area contributed by atoms with Crippen molar-refractivity contribution >= 4 is 10.0 Å². The van der Waals surface area contributed by atoms with Crippen LogP contribution in [0.5, 0.6) is 5.75 Å². The van der Waals surface area contributed by atoms with Gasteiger partial charge in [-0.1, -0.05) is 71.4 Å². The minimum absolute atomic E-state index is 0.147. The maximum atomic E-state index is 13.0. The average molecular weight is 477 g/mol. The molecule has 7 nitrogen and oxygen atoms in total. The van der Waals surface area contributed by atoms with Crippen LogP contribution in [0, 0.1) is 6.92 Å². The molecule has 1 N–H and O–H groups in total. The molecule has 176 valence electrons. The molecule has 0 radical (unpaired) electrons. The molecule has 0 fully saturated rings. The molecule has 0 saturated heterocycles. The highest BCUT2D eigenvalue weighted by Gasteiger charge is 2.22. The third kappa shape index (κ3) is 6.76. The molecule has 0 aliphatic rings. The Hall–Kier alpha value is -3.49. The summed E-state index contributed by atoms with van der Waals surface area (Å²) >= 11 is 0. The molecular formula is C26H28N4O3S. The molecule has 34 heavy (non-hydrogen) atoms. The van der Waals surface area contributed by atoms with Gasteiger partial charge in [-0.05, 0) is 49.6 Å². The minimum atomic E-state index is -3.73. The van der Waals surface area contributed by atoms with Gasteiger partial charge in [0, 0.05) is 6.20 Å². The zero-order chi connectivity index (χ0) is 23.8. The summed E-state index contributed by atoms with van der Waals surface area (Å²) in [6, 6.07) is 25.7. The first-order valence-electron chi connectivity index (χ1n) is 11.2. The second-order valence-corrected chi connectivity index (χ2v) is 9.89. The number of para-hydroxylation sites is 1. The summed E-state index contributed by atoms with van der Waals surface area (Å²) in [7, 11) is -3.73. The Morgan fingerprint density at radius 3 is 2.29 bits per heavy atom. The Balaban J connectivity index is 1.45. The van der Waals surface area contributed by atoms with Crippen LogP contribution in [0.4, 0.5) is 0 Å². The lowest BCUT2D eigenvalue weighted by Crippen LogP contribution is -2.42. The molecule has 1 aromatic heterocycles.